The average Bonchev–Trinajstić information content (AvgIpc) is 2.02. The van der Waals surface area contributed by atoms with Crippen LogP contribution in [0.1, 0.15) is 26.7 Å². The van der Waals surface area contributed by atoms with Crippen LogP contribution in [-0.2, 0) is 0 Å². The van der Waals surface area contributed by atoms with Crippen molar-refractivity contribution in [3.63, 3.8) is 0 Å². The van der Waals surface area contributed by atoms with Crippen LogP contribution in [0.25, 0.3) is 0 Å². The van der Waals surface area contributed by atoms with E-state index in [1.165, 1.54) is 11.1 Å². The van der Waals surface area contributed by atoms with Crippen molar-refractivity contribution in [1.29, 1.82) is 0 Å². The van der Waals surface area contributed by atoms with Gasteiger partial charge in [0.05, 0.1) is 0 Å². The zero-order chi connectivity index (χ0) is 9.40. The molecule has 0 amide bonds. The van der Waals surface area contributed by atoms with Crippen molar-refractivity contribution in [2.75, 3.05) is 11.5 Å². The second-order valence-corrected chi connectivity index (χ2v) is 3.70. The van der Waals surface area contributed by atoms with E-state index < -0.39 is 0 Å². The summed E-state index contributed by atoms with van der Waals surface area (Å²) in [4.78, 5) is 0. The maximum Gasteiger partial charge on any atom is 0.0113 e. The van der Waals surface area contributed by atoms with Crippen LogP contribution in [0.2, 0.25) is 0 Å². The molecule has 0 N–H and O–H groups in total. The molecule has 0 unspecified atom stereocenters. The number of rotatable bonds is 5. The summed E-state index contributed by atoms with van der Waals surface area (Å²) in [5.74, 6) is 1.68. The predicted octanol–water partition coefficient (Wildman–Crippen LogP) is 3.52. The molecule has 0 nitrogen and oxygen atoms in total. The van der Waals surface area contributed by atoms with E-state index in [2.05, 4.69) is 51.3 Å². The van der Waals surface area contributed by atoms with Crippen LogP contribution in [0.5, 0.6) is 0 Å². The summed E-state index contributed by atoms with van der Waals surface area (Å²) in [6, 6.07) is 0. The molecule has 0 aliphatic heterocycles. The third-order valence-corrected chi connectivity index (χ3v) is 2.19. The van der Waals surface area contributed by atoms with Gasteiger partial charge in [-0.15, -0.1) is 0 Å². The van der Waals surface area contributed by atoms with Crippen LogP contribution in [0, 0.1) is 0 Å². The maximum absolute atomic E-state index is 4.25. The normalized spacial score (nSPS) is 11.5. The van der Waals surface area contributed by atoms with E-state index >= 15 is 0 Å². The highest BCUT2D eigenvalue weighted by Gasteiger charge is 1.91. The van der Waals surface area contributed by atoms with Gasteiger partial charge in [0, 0.05) is 11.5 Å². The molecule has 0 aliphatic rings. The zero-order valence-electron chi connectivity index (χ0n) is 7.88. The fourth-order valence-electron chi connectivity index (χ4n) is 0.921. The number of hydrogen-bond donors (Lipinski definition) is 2. The summed E-state index contributed by atoms with van der Waals surface area (Å²) in [5, 5.41) is 0. The van der Waals surface area contributed by atoms with Gasteiger partial charge in [0.1, 0.15) is 0 Å². The summed E-state index contributed by atoms with van der Waals surface area (Å²) in [6.07, 6.45) is 6.66. The Morgan fingerprint density at radius 3 is 2.25 bits per heavy atom. The first kappa shape index (κ1) is 12.2. The summed E-state index contributed by atoms with van der Waals surface area (Å²) < 4.78 is 0. The Morgan fingerprint density at radius 1 is 1.17 bits per heavy atom. The topological polar surface area (TPSA) is 0 Å². The highest BCUT2D eigenvalue weighted by Crippen LogP contribution is 2.09. The molecule has 0 fully saturated rings. The third-order valence-electron chi connectivity index (χ3n) is 1.60. The van der Waals surface area contributed by atoms with Crippen molar-refractivity contribution < 1.29 is 0 Å². The van der Waals surface area contributed by atoms with Crippen LogP contribution >= 0.6 is 25.3 Å². The summed E-state index contributed by atoms with van der Waals surface area (Å²) in [7, 11) is 0. The largest absolute Gasteiger partial charge is 0.175 e. The van der Waals surface area contributed by atoms with Crippen molar-refractivity contribution in [2.24, 2.45) is 0 Å². The monoisotopic (exact) mass is 202 g/mol. The minimum atomic E-state index is 0.824. The van der Waals surface area contributed by atoms with Gasteiger partial charge in [-0.3, -0.25) is 0 Å². The van der Waals surface area contributed by atoms with Gasteiger partial charge in [-0.05, 0) is 26.7 Å². The molecular formula is C10H18S2. The van der Waals surface area contributed by atoms with E-state index in [-0.39, 0.29) is 0 Å². The van der Waals surface area contributed by atoms with Gasteiger partial charge in [0.25, 0.3) is 0 Å². The van der Waals surface area contributed by atoms with E-state index in [1.54, 1.807) is 0 Å². The molecule has 0 bridgehead atoms. The van der Waals surface area contributed by atoms with E-state index in [0.717, 1.165) is 24.3 Å². The summed E-state index contributed by atoms with van der Waals surface area (Å²) in [5.41, 5.74) is 2.78. The standard InChI is InChI=1S/C10H18S2/c1-9(2)4-3-5-10(8-12)6-7-11/h4,6,11-12H,3,5,7-8H2,1-2H3/b10-6-. The molecule has 12 heavy (non-hydrogen) atoms. The quantitative estimate of drug-likeness (QED) is 0.494. The lowest BCUT2D eigenvalue weighted by molar-refractivity contribution is 0.970. The SMILES string of the molecule is CC(C)=CCC/C(=C/CS)CS. The Kier molecular flexibility index (Phi) is 7.93. The molecule has 2 heteroatoms. The molecule has 0 spiro atoms. The maximum atomic E-state index is 4.25. The first-order valence-electron chi connectivity index (χ1n) is 4.23. The molecule has 0 rings (SSSR count). The fourth-order valence-corrected chi connectivity index (χ4v) is 1.47. The van der Waals surface area contributed by atoms with E-state index in [4.69, 9.17) is 0 Å². The molecule has 0 aliphatic carbocycles. The molecule has 0 atom stereocenters. The molecule has 0 radical (unpaired) electrons. The van der Waals surface area contributed by atoms with Crippen molar-refractivity contribution in [3.8, 4) is 0 Å². The number of thiol groups is 2. The van der Waals surface area contributed by atoms with E-state index in [9.17, 15) is 0 Å². The summed E-state index contributed by atoms with van der Waals surface area (Å²) in [6.45, 7) is 4.26. The van der Waals surface area contributed by atoms with Crippen LogP contribution in [0.4, 0.5) is 0 Å². The minimum absolute atomic E-state index is 0.824. The first-order valence-corrected chi connectivity index (χ1v) is 5.50. The molecule has 0 aromatic heterocycles. The highest BCUT2D eigenvalue weighted by atomic mass is 32.1. The second-order valence-electron chi connectivity index (χ2n) is 3.02. The van der Waals surface area contributed by atoms with Gasteiger partial charge in [0.15, 0.2) is 0 Å². The molecule has 0 saturated carbocycles. The van der Waals surface area contributed by atoms with Crippen molar-refractivity contribution >= 4 is 25.3 Å². The lowest BCUT2D eigenvalue weighted by atomic mass is 10.1. The minimum Gasteiger partial charge on any atom is -0.175 e. The Hall–Kier alpha value is 0.180. The lowest BCUT2D eigenvalue weighted by Gasteiger charge is -2.00. The molecular weight excluding hydrogens is 184 g/mol. The van der Waals surface area contributed by atoms with Crippen LogP contribution in [-0.4, -0.2) is 11.5 Å². The van der Waals surface area contributed by atoms with E-state index in [1.807, 2.05) is 0 Å². The third kappa shape index (κ3) is 6.86. The molecule has 0 heterocycles. The zero-order valence-corrected chi connectivity index (χ0v) is 9.67. The Balaban J connectivity index is 3.74. The summed E-state index contributed by atoms with van der Waals surface area (Å²) >= 11 is 8.40. The number of hydrogen-bond acceptors (Lipinski definition) is 2. The number of allylic oxidation sites excluding steroid dienone is 2. The van der Waals surface area contributed by atoms with Gasteiger partial charge >= 0.3 is 0 Å². The highest BCUT2D eigenvalue weighted by molar-refractivity contribution is 7.80. The first-order chi connectivity index (χ1) is 5.70. The van der Waals surface area contributed by atoms with Crippen molar-refractivity contribution in [2.45, 2.75) is 26.7 Å². The van der Waals surface area contributed by atoms with E-state index in [0.29, 0.717) is 0 Å². The van der Waals surface area contributed by atoms with Gasteiger partial charge in [-0.1, -0.05) is 23.3 Å². The average molecular weight is 202 g/mol. The Labute approximate surface area is 87.0 Å². The van der Waals surface area contributed by atoms with Crippen molar-refractivity contribution in [3.05, 3.63) is 23.3 Å². The van der Waals surface area contributed by atoms with Crippen LogP contribution in [0.15, 0.2) is 23.3 Å². The van der Waals surface area contributed by atoms with Crippen molar-refractivity contribution in [1.82, 2.24) is 0 Å². The molecule has 0 aromatic carbocycles. The van der Waals surface area contributed by atoms with Gasteiger partial charge in [-0.2, -0.15) is 25.3 Å². The smallest absolute Gasteiger partial charge is 0.0113 e. The second kappa shape index (κ2) is 7.81. The van der Waals surface area contributed by atoms with Gasteiger partial charge in [0.2, 0.25) is 0 Å². The predicted molar refractivity (Wildman–Crippen MR) is 64.5 cm³/mol. The molecule has 0 aromatic rings. The molecule has 0 saturated heterocycles. The van der Waals surface area contributed by atoms with Crippen LogP contribution < -0.4 is 0 Å². The van der Waals surface area contributed by atoms with Gasteiger partial charge in [-0.25, -0.2) is 0 Å². The molecule has 70 valence electrons. The lowest BCUT2D eigenvalue weighted by Crippen LogP contribution is -1.85. The van der Waals surface area contributed by atoms with Crippen LogP contribution in [0.3, 0.4) is 0 Å². The Morgan fingerprint density at radius 2 is 1.83 bits per heavy atom. The van der Waals surface area contributed by atoms with Gasteiger partial charge < -0.3 is 0 Å². The Bertz CT molecular complexity index is 165. The fraction of sp³-hybridized carbons (Fsp3) is 0.600.